The van der Waals surface area contributed by atoms with Crippen LogP contribution in [-0.4, -0.2) is 12.6 Å². The molecule has 1 saturated carbocycles. The lowest BCUT2D eigenvalue weighted by Crippen LogP contribution is -2.37. The van der Waals surface area contributed by atoms with Crippen molar-refractivity contribution in [1.29, 1.82) is 0 Å². The normalized spacial score (nSPS) is 29.0. The number of nitrogens with two attached hydrogens (primary N) is 1. The number of benzene rings is 1. The first-order valence-corrected chi connectivity index (χ1v) is 6.69. The minimum Gasteiger partial charge on any atom is -0.490 e. The Morgan fingerprint density at radius 3 is 2.94 bits per heavy atom. The van der Waals surface area contributed by atoms with Gasteiger partial charge in [0.2, 0.25) is 0 Å². The average Bonchev–Trinajstić information content (AvgIpc) is 2.29. The van der Waals surface area contributed by atoms with E-state index < -0.39 is 0 Å². The fraction of sp³-hybridized carbons (Fsp3) is 0.571. The molecule has 1 fully saturated rings. The number of ether oxygens (including phenoxy) is 1. The van der Waals surface area contributed by atoms with Crippen molar-refractivity contribution in [3.05, 3.63) is 29.3 Å². The summed E-state index contributed by atoms with van der Waals surface area (Å²) in [5, 5.41) is 0.718. The summed E-state index contributed by atoms with van der Waals surface area (Å²) in [7, 11) is 0. The third-order valence-electron chi connectivity index (χ3n) is 3.58. The van der Waals surface area contributed by atoms with E-state index in [-0.39, 0.29) is 6.10 Å². The van der Waals surface area contributed by atoms with Crippen LogP contribution in [-0.2, 0) is 0 Å². The summed E-state index contributed by atoms with van der Waals surface area (Å²) in [6.45, 7) is 2.99. The first kappa shape index (κ1) is 12.7. The van der Waals surface area contributed by atoms with Crippen molar-refractivity contribution in [2.45, 2.75) is 32.3 Å². The highest BCUT2D eigenvalue weighted by molar-refractivity contribution is 6.30. The number of rotatable bonds is 3. The summed E-state index contributed by atoms with van der Waals surface area (Å²) >= 11 is 5.96. The zero-order valence-corrected chi connectivity index (χ0v) is 11.0. The second-order valence-electron chi connectivity index (χ2n) is 5.03. The fourth-order valence-electron chi connectivity index (χ4n) is 2.52. The molecular formula is C14H20ClNO. The molecule has 0 heterocycles. The van der Waals surface area contributed by atoms with Crippen LogP contribution in [0, 0.1) is 11.8 Å². The van der Waals surface area contributed by atoms with Gasteiger partial charge in [0.1, 0.15) is 11.9 Å². The highest BCUT2D eigenvalue weighted by Gasteiger charge is 2.29. The average molecular weight is 254 g/mol. The van der Waals surface area contributed by atoms with Gasteiger partial charge >= 0.3 is 0 Å². The Balaban J connectivity index is 2.04. The van der Waals surface area contributed by atoms with E-state index in [1.54, 1.807) is 0 Å². The van der Waals surface area contributed by atoms with Crippen molar-refractivity contribution in [3.63, 3.8) is 0 Å². The molecule has 3 heteroatoms. The number of halogens is 1. The first-order valence-electron chi connectivity index (χ1n) is 6.31. The van der Waals surface area contributed by atoms with Gasteiger partial charge in [-0.05, 0) is 43.5 Å². The van der Waals surface area contributed by atoms with E-state index in [0.717, 1.165) is 23.1 Å². The van der Waals surface area contributed by atoms with Crippen molar-refractivity contribution in [2.75, 3.05) is 6.54 Å². The molecule has 0 saturated heterocycles. The molecule has 1 aliphatic rings. The zero-order valence-electron chi connectivity index (χ0n) is 10.2. The molecule has 0 radical (unpaired) electrons. The smallest absolute Gasteiger partial charge is 0.121 e. The first-order chi connectivity index (χ1) is 8.19. The van der Waals surface area contributed by atoms with Gasteiger partial charge < -0.3 is 10.5 Å². The molecule has 2 rings (SSSR count). The van der Waals surface area contributed by atoms with Crippen LogP contribution in [0.3, 0.4) is 0 Å². The van der Waals surface area contributed by atoms with Gasteiger partial charge in [0.05, 0.1) is 0 Å². The predicted molar refractivity (Wildman–Crippen MR) is 71.4 cm³/mol. The van der Waals surface area contributed by atoms with E-state index in [9.17, 15) is 0 Å². The standard InChI is InChI=1S/C14H20ClNO/c1-10-5-6-11(9-16)14(7-10)17-13-4-2-3-12(15)8-13/h2-4,8,10-11,14H,5-7,9,16H2,1H3. The van der Waals surface area contributed by atoms with Gasteiger partial charge in [-0.25, -0.2) is 0 Å². The molecule has 2 nitrogen and oxygen atoms in total. The Kier molecular flexibility index (Phi) is 4.30. The van der Waals surface area contributed by atoms with E-state index in [4.69, 9.17) is 22.1 Å². The van der Waals surface area contributed by atoms with E-state index >= 15 is 0 Å². The van der Waals surface area contributed by atoms with Gasteiger partial charge in [0, 0.05) is 10.9 Å². The van der Waals surface area contributed by atoms with Crippen LogP contribution in [0.4, 0.5) is 0 Å². The quantitative estimate of drug-likeness (QED) is 0.895. The molecule has 0 spiro atoms. The Hall–Kier alpha value is -0.730. The zero-order chi connectivity index (χ0) is 12.3. The molecule has 1 aliphatic carbocycles. The van der Waals surface area contributed by atoms with Crippen LogP contribution in [0.25, 0.3) is 0 Å². The third kappa shape index (κ3) is 3.36. The molecule has 0 aliphatic heterocycles. The second kappa shape index (κ2) is 5.74. The molecule has 1 aromatic carbocycles. The van der Waals surface area contributed by atoms with Crippen LogP contribution in [0.2, 0.25) is 5.02 Å². The molecule has 17 heavy (non-hydrogen) atoms. The lowest BCUT2D eigenvalue weighted by Gasteiger charge is -2.34. The van der Waals surface area contributed by atoms with Gasteiger partial charge in [-0.15, -0.1) is 0 Å². The van der Waals surface area contributed by atoms with Gasteiger partial charge in [0.25, 0.3) is 0 Å². The Bertz CT molecular complexity index is 369. The summed E-state index contributed by atoms with van der Waals surface area (Å²) < 4.78 is 6.05. The molecule has 0 amide bonds. The third-order valence-corrected chi connectivity index (χ3v) is 3.81. The summed E-state index contributed by atoms with van der Waals surface area (Å²) in [5.74, 6) is 2.06. The van der Waals surface area contributed by atoms with Crippen molar-refractivity contribution in [1.82, 2.24) is 0 Å². The van der Waals surface area contributed by atoms with Crippen LogP contribution < -0.4 is 10.5 Å². The lowest BCUT2D eigenvalue weighted by molar-refractivity contribution is 0.0742. The molecule has 0 bridgehead atoms. The Morgan fingerprint density at radius 1 is 1.41 bits per heavy atom. The maximum absolute atomic E-state index is 6.05. The minimum atomic E-state index is 0.238. The molecule has 1 aromatic rings. The van der Waals surface area contributed by atoms with E-state index in [2.05, 4.69) is 6.92 Å². The number of hydrogen-bond donors (Lipinski definition) is 1. The maximum atomic E-state index is 6.05. The predicted octanol–water partition coefficient (Wildman–Crippen LogP) is 3.48. The number of hydrogen-bond acceptors (Lipinski definition) is 2. The molecular weight excluding hydrogens is 234 g/mol. The van der Waals surface area contributed by atoms with Gasteiger partial charge in [0.15, 0.2) is 0 Å². The summed E-state index contributed by atoms with van der Waals surface area (Å²) in [6, 6.07) is 7.60. The van der Waals surface area contributed by atoms with Crippen molar-refractivity contribution in [3.8, 4) is 5.75 Å². The topological polar surface area (TPSA) is 35.2 Å². The van der Waals surface area contributed by atoms with Crippen LogP contribution in [0.5, 0.6) is 5.75 Å². The minimum absolute atomic E-state index is 0.238. The molecule has 0 aromatic heterocycles. The van der Waals surface area contributed by atoms with Crippen molar-refractivity contribution in [2.24, 2.45) is 17.6 Å². The second-order valence-corrected chi connectivity index (χ2v) is 5.46. The van der Waals surface area contributed by atoms with E-state index in [0.29, 0.717) is 12.5 Å². The van der Waals surface area contributed by atoms with E-state index in [1.165, 1.54) is 12.8 Å². The highest BCUT2D eigenvalue weighted by atomic mass is 35.5. The van der Waals surface area contributed by atoms with Gasteiger partial charge in [-0.2, -0.15) is 0 Å². The highest BCUT2D eigenvalue weighted by Crippen LogP contribution is 2.31. The van der Waals surface area contributed by atoms with Crippen LogP contribution in [0.15, 0.2) is 24.3 Å². The largest absolute Gasteiger partial charge is 0.490 e. The van der Waals surface area contributed by atoms with Crippen LogP contribution >= 0.6 is 11.6 Å². The van der Waals surface area contributed by atoms with Crippen molar-refractivity contribution >= 4 is 11.6 Å². The Morgan fingerprint density at radius 2 is 2.24 bits per heavy atom. The molecule has 3 atom stereocenters. The fourth-order valence-corrected chi connectivity index (χ4v) is 2.70. The van der Waals surface area contributed by atoms with Crippen molar-refractivity contribution < 1.29 is 4.74 Å². The SMILES string of the molecule is CC1CCC(CN)C(Oc2cccc(Cl)c2)C1. The molecule has 3 unspecified atom stereocenters. The van der Waals surface area contributed by atoms with Gasteiger partial charge in [-0.1, -0.05) is 31.0 Å². The molecule has 2 N–H and O–H groups in total. The lowest BCUT2D eigenvalue weighted by atomic mass is 9.80. The van der Waals surface area contributed by atoms with Crippen LogP contribution in [0.1, 0.15) is 26.2 Å². The Labute approximate surface area is 108 Å². The van der Waals surface area contributed by atoms with Gasteiger partial charge in [-0.3, -0.25) is 0 Å². The maximum Gasteiger partial charge on any atom is 0.121 e. The molecule has 94 valence electrons. The van der Waals surface area contributed by atoms with E-state index in [1.807, 2.05) is 24.3 Å². The summed E-state index contributed by atoms with van der Waals surface area (Å²) in [5.41, 5.74) is 5.82. The summed E-state index contributed by atoms with van der Waals surface area (Å²) in [6.07, 6.45) is 3.76. The monoisotopic (exact) mass is 253 g/mol. The summed E-state index contributed by atoms with van der Waals surface area (Å²) in [4.78, 5) is 0.